The first-order valence-corrected chi connectivity index (χ1v) is 13.2. The molecule has 1 saturated heterocycles. The van der Waals surface area contributed by atoms with E-state index in [1.165, 1.54) is 11.8 Å². The summed E-state index contributed by atoms with van der Waals surface area (Å²) in [7, 11) is 0. The van der Waals surface area contributed by atoms with E-state index in [9.17, 15) is 24.3 Å². The summed E-state index contributed by atoms with van der Waals surface area (Å²) in [5.74, 6) is -3.14. The Labute approximate surface area is 224 Å². The molecule has 0 aliphatic carbocycles. The first kappa shape index (κ1) is 27.0. The number of carbonyl (C=O) groups excluding carboxylic acids is 4. The van der Waals surface area contributed by atoms with Gasteiger partial charge in [-0.2, -0.15) is 9.36 Å². The van der Waals surface area contributed by atoms with Gasteiger partial charge in [0.1, 0.15) is 18.0 Å². The number of ether oxygens (including phenoxy) is 1. The largest absolute Gasteiger partial charge is 0.543 e. The van der Waals surface area contributed by atoms with Gasteiger partial charge in [0.2, 0.25) is 11.5 Å². The Hall–Kier alpha value is -4.05. The molecule has 0 spiro atoms. The molecule has 2 amide bonds. The maximum atomic E-state index is 13.0. The standard InChI is InChI=1S/C22H23N7O7S2/c1-3-35-21(34)11-5-7-28(8-6-11)9-12-10-37-19-14(18(31)29(19)15(12)20(32)33)24-17(30)13(26-36-4-2)16-25-22(23)38-27-16/h5-8,14,19H,3-4,9-10H2,1-2H3,(H3-,23,24,25,27,30,32,33)/t14?,19-/m0/s1. The molecular weight excluding hydrogens is 538 g/mol. The molecule has 2 aromatic rings. The lowest BCUT2D eigenvalue weighted by Gasteiger charge is -2.50. The minimum Gasteiger partial charge on any atom is -0.543 e. The zero-order chi connectivity index (χ0) is 27.4. The predicted molar refractivity (Wildman–Crippen MR) is 132 cm³/mol. The smallest absolute Gasteiger partial charge is 0.338 e. The second-order valence-electron chi connectivity index (χ2n) is 7.89. The van der Waals surface area contributed by atoms with Gasteiger partial charge in [0.15, 0.2) is 24.1 Å². The van der Waals surface area contributed by atoms with Crippen molar-refractivity contribution in [2.75, 3.05) is 24.7 Å². The van der Waals surface area contributed by atoms with Gasteiger partial charge in [0.05, 0.1) is 23.8 Å². The van der Waals surface area contributed by atoms with Gasteiger partial charge in [-0.3, -0.25) is 14.5 Å². The molecule has 0 aromatic carbocycles. The number of hydrogen-bond donors (Lipinski definition) is 2. The number of thioether (sulfide) groups is 1. The normalized spacial score (nSPS) is 18.9. The number of anilines is 1. The Morgan fingerprint density at radius 1 is 1.29 bits per heavy atom. The molecule has 3 N–H and O–H groups in total. The number of β-lactam (4-membered cyclic amide) rings is 1. The number of amides is 2. The van der Waals surface area contributed by atoms with E-state index in [4.69, 9.17) is 15.3 Å². The molecule has 1 fully saturated rings. The lowest BCUT2D eigenvalue weighted by atomic mass is 10.0. The van der Waals surface area contributed by atoms with Crippen molar-refractivity contribution in [1.29, 1.82) is 0 Å². The molecule has 38 heavy (non-hydrogen) atoms. The van der Waals surface area contributed by atoms with Crippen molar-refractivity contribution in [2.24, 2.45) is 5.16 Å². The van der Waals surface area contributed by atoms with Crippen LogP contribution in [0.25, 0.3) is 0 Å². The van der Waals surface area contributed by atoms with Crippen LogP contribution in [0.2, 0.25) is 0 Å². The van der Waals surface area contributed by atoms with Crippen LogP contribution in [-0.2, 0) is 30.5 Å². The van der Waals surface area contributed by atoms with E-state index in [1.54, 1.807) is 42.9 Å². The summed E-state index contributed by atoms with van der Waals surface area (Å²) in [6, 6.07) is 2.10. The minimum absolute atomic E-state index is 0.0537. The third-order valence-electron chi connectivity index (χ3n) is 5.46. The zero-order valence-corrected chi connectivity index (χ0v) is 21.9. The lowest BCUT2D eigenvalue weighted by molar-refractivity contribution is -0.689. The van der Waals surface area contributed by atoms with Gasteiger partial charge in [-0.15, -0.1) is 11.8 Å². The van der Waals surface area contributed by atoms with Crippen molar-refractivity contribution >= 4 is 57.9 Å². The molecule has 14 nitrogen and oxygen atoms in total. The first-order chi connectivity index (χ1) is 18.2. The minimum atomic E-state index is -1.51. The number of rotatable bonds is 10. The van der Waals surface area contributed by atoms with E-state index in [2.05, 4.69) is 19.8 Å². The number of carbonyl (C=O) groups is 4. The molecule has 2 aliphatic rings. The summed E-state index contributed by atoms with van der Waals surface area (Å²) in [6.45, 7) is 3.95. The van der Waals surface area contributed by atoms with Crippen LogP contribution in [0.4, 0.5) is 5.13 Å². The average molecular weight is 562 g/mol. The van der Waals surface area contributed by atoms with E-state index in [-0.39, 0.29) is 47.9 Å². The number of aliphatic carboxylic acids is 1. The van der Waals surface area contributed by atoms with E-state index in [0.717, 1.165) is 16.4 Å². The number of nitrogens with one attached hydrogen (secondary N) is 1. The molecule has 4 heterocycles. The summed E-state index contributed by atoms with van der Waals surface area (Å²) < 4.78 is 10.6. The Morgan fingerprint density at radius 2 is 2.03 bits per heavy atom. The summed E-state index contributed by atoms with van der Waals surface area (Å²) in [5.41, 5.74) is 5.90. The molecular formula is C22H23N7O7S2. The predicted octanol–water partition coefficient (Wildman–Crippen LogP) is -1.57. The van der Waals surface area contributed by atoms with E-state index in [1.807, 2.05) is 0 Å². The summed E-state index contributed by atoms with van der Waals surface area (Å²) in [6.07, 6.45) is 3.23. The fraction of sp³-hybridized carbons (Fsp3) is 0.364. The highest BCUT2D eigenvalue weighted by Gasteiger charge is 2.53. The van der Waals surface area contributed by atoms with E-state index < -0.39 is 35.2 Å². The SMILES string of the molecule is CCON=C(C(=O)NC1C(=O)N2C(C(=O)[O-])=C(C[n+]3ccc(C(=O)OCC)cc3)CS[C@@H]12)c1nsc(N)n1. The maximum Gasteiger partial charge on any atom is 0.338 e. The zero-order valence-electron chi connectivity index (χ0n) is 20.3. The fourth-order valence-corrected chi connectivity index (χ4v) is 5.55. The molecule has 4 rings (SSSR count). The van der Waals surface area contributed by atoms with Crippen LogP contribution in [0.3, 0.4) is 0 Å². The highest BCUT2D eigenvalue weighted by atomic mass is 32.2. The van der Waals surface area contributed by atoms with Crippen molar-refractivity contribution in [1.82, 2.24) is 19.6 Å². The third kappa shape index (κ3) is 5.45. The first-order valence-electron chi connectivity index (χ1n) is 11.4. The van der Waals surface area contributed by atoms with Gasteiger partial charge in [-0.1, -0.05) is 5.16 Å². The van der Waals surface area contributed by atoms with Crippen LogP contribution in [-0.4, -0.2) is 74.1 Å². The van der Waals surface area contributed by atoms with Gasteiger partial charge in [0, 0.05) is 35.0 Å². The van der Waals surface area contributed by atoms with E-state index >= 15 is 0 Å². The van der Waals surface area contributed by atoms with Crippen LogP contribution in [0.15, 0.2) is 41.0 Å². The molecule has 200 valence electrons. The number of nitrogens with zero attached hydrogens (tertiary/aromatic N) is 5. The Morgan fingerprint density at radius 3 is 2.63 bits per heavy atom. The molecule has 1 unspecified atom stereocenters. The van der Waals surface area contributed by atoms with Crippen LogP contribution in [0, 0.1) is 0 Å². The monoisotopic (exact) mass is 561 g/mol. The number of oxime groups is 1. The average Bonchev–Trinajstić information content (AvgIpc) is 3.33. The summed E-state index contributed by atoms with van der Waals surface area (Å²) in [4.78, 5) is 59.9. The van der Waals surface area contributed by atoms with Crippen LogP contribution >= 0.6 is 23.3 Å². The van der Waals surface area contributed by atoms with Gasteiger partial charge in [-0.25, -0.2) is 9.36 Å². The molecule has 2 aliphatic heterocycles. The number of fused-ring (bicyclic) bond motifs is 1. The Bertz CT molecular complexity index is 1330. The van der Waals surface area contributed by atoms with Gasteiger partial charge in [-0.05, 0) is 13.8 Å². The molecule has 2 atom stereocenters. The van der Waals surface area contributed by atoms with Crippen molar-refractivity contribution in [2.45, 2.75) is 31.8 Å². The highest BCUT2D eigenvalue weighted by Crippen LogP contribution is 2.40. The lowest BCUT2D eigenvalue weighted by Crippen LogP contribution is -2.71. The molecule has 0 saturated carbocycles. The van der Waals surface area contributed by atoms with Crippen LogP contribution < -0.4 is 20.7 Å². The molecule has 2 aromatic heterocycles. The van der Waals surface area contributed by atoms with Gasteiger partial charge >= 0.3 is 5.97 Å². The van der Waals surface area contributed by atoms with Crippen molar-refractivity contribution in [3.05, 3.63) is 47.2 Å². The molecule has 0 radical (unpaired) electrons. The van der Waals surface area contributed by atoms with Crippen molar-refractivity contribution < 1.29 is 38.4 Å². The van der Waals surface area contributed by atoms with Gasteiger partial charge < -0.3 is 30.5 Å². The van der Waals surface area contributed by atoms with Crippen molar-refractivity contribution in [3.63, 3.8) is 0 Å². The second-order valence-corrected chi connectivity index (χ2v) is 9.78. The second kappa shape index (κ2) is 11.6. The maximum absolute atomic E-state index is 13.0. The van der Waals surface area contributed by atoms with Gasteiger partial charge in [0.25, 0.3) is 11.8 Å². The Balaban J connectivity index is 1.50. The topological polar surface area (TPSA) is 193 Å². The fourth-order valence-electron chi connectivity index (χ4n) is 3.78. The van der Waals surface area contributed by atoms with Crippen LogP contribution in [0.1, 0.15) is 30.0 Å². The number of carboxylic acids is 1. The van der Waals surface area contributed by atoms with E-state index in [0.29, 0.717) is 11.1 Å². The number of nitrogens with two attached hydrogens (primary N) is 1. The Kier molecular flexibility index (Phi) is 8.21. The summed E-state index contributed by atoms with van der Waals surface area (Å²) >= 11 is 2.16. The molecule has 0 bridgehead atoms. The number of carboxylic acid groups (broad SMARTS) is 1. The number of nitrogen functional groups attached to an aromatic ring is 1. The third-order valence-corrected chi connectivity index (χ3v) is 7.34. The number of pyridine rings is 1. The summed E-state index contributed by atoms with van der Waals surface area (Å²) in [5, 5.41) is 17.8. The number of hydrogen-bond acceptors (Lipinski definition) is 13. The quantitative estimate of drug-likeness (QED) is 0.112. The number of esters is 1. The highest BCUT2D eigenvalue weighted by molar-refractivity contribution is 8.00. The van der Waals surface area contributed by atoms with Crippen LogP contribution in [0.5, 0.6) is 0 Å². The van der Waals surface area contributed by atoms with Crippen molar-refractivity contribution in [3.8, 4) is 0 Å². The molecule has 16 heteroatoms. The number of aromatic nitrogens is 3.